The lowest BCUT2D eigenvalue weighted by Crippen LogP contribution is -2.13. The van der Waals surface area contributed by atoms with Crippen molar-refractivity contribution in [3.8, 4) is 0 Å². The van der Waals surface area contributed by atoms with Crippen LogP contribution in [0.4, 0.5) is 5.69 Å². The molecule has 9 heteroatoms. The second-order valence-electron chi connectivity index (χ2n) is 3.95. The summed E-state index contributed by atoms with van der Waals surface area (Å²) < 4.78 is 28.2. The molecular weight excluding hydrogens is 350 g/mol. The Labute approximate surface area is 123 Å². The summed E-state index contributed by atoms with van der Waals surface area (Å²) in [7, 11) is -2.15. The lowest BCUT2D eigenvalue weighted by Gasteiger charge is -2.08. The van der Waals surface area contributed by atoms with Gasteiger partial charge in [-0.2, -0.15) is 5.10 Å². The number of hydrogen-bond acceptors (Lipinski definition) is 4. The summed E-state index contributed by atoms with van der Waals surface area (Å²) in [5.74, 6) is -1.09. The molecule has 7 nitrogen and oxygen atoms in total. The number of carbonyl (C=O) groups is 1. The topological polar surface area (TPSA) is 101 Å². The zero-order valence-electron chi connectivity index (χ0n) is 10.2. The number of carboxylic acid groups (broad SMARTS) is 1. The first-order valence-electron chi connectivity index (χ1n) is 5.34. The number of aromatic nitrogens is 2. The summed E-state index contributed by atoms with van der Waals surface area (Å²) >= 11 is 3.13. The predicted molar refractivity (Wildman–Crippen MR) is 75.1 cm³/mol. The fourth-order valence-corrected chi connectivity index (χ4v) is 3.14. The van der Waals surface area contributed by atoms with Crippen molar-refractivity contribution in [1.29, 1.82) is 0 Å². The summed E-state index contributed by atoms with van der Waals surface area (Å²) in [5.41, 5.74) is 0.306. The average Bonchev–Trinajstić information content (AvgIpc) is 2.79. The van der Waals surface area contributed by atoms with Crippen LogP contribution >= 0.6 is 15.9 Å². The van der Waals surface area contributed by atoms with Crippen LogP contribution in [-0.4, -0.2) is 29.3 Å². The molecule has 0 unspecified atom stereocenters. The molecule has 1 heterocycles. The van der Waals surface area contributed by atoms with E-state index in [0.717, 1.165) is 0 Å². The number of aromatic carboxylic acids is 1. The third kappa shape index (κ3) is 2.99. The van der Waals surface area contributed by atoms with Gasteiger partial charge in [0.1, 0.15) is 4.90 Å². The summed E-state index contributed by atoms with van der Waals surface area (Å²) in [5, 5.41) is 12.6. The van der Waals surface area contributed by atoms with Gasteiger partial charge in [-0.3, -0.25) is 9.40 Å². The molecule has 2 aromatic rings. The highest BCUT2D eigenvalue weighted by molar-refractivity contribution is 9.10. The third-order valence-corrected chi connectivity index (χ3v) is 4.43. The fourth-order valence-electron chi connectivity index (χ4n) is 1.47. The average molecular weight is 360 g/mol. The molecule has 0 fully saturated rings. The number of benzene rings is 1. The predicted octanol–water partition coefficient (Wildman–Crippen LogP) is 1.68. The van der Waals surface area contributed by atoms with Crippen LogP contribution in [0.1, 0.15) is 10.4 Å². The van der Waals surface area contributed by atoms with Crippen molar-refractivity contribution >= 4 is 37.6 Å². The van der Waals surface area contributed by atoms with Crippen molar-refractivity contribution in [3.63, 3.8) is 0 Å². The van der Waals surface area contributed by atoms with E-state index in [9.17, 15) is 13.2 Å². The number of nitrogens with one attached hydrogen (secondary N) is 1. The van der Waals surface area contributed by atoms with E-state index in [2.05, 4.69) is 25.8 Å². The van der Waals surface area contributed by atoms with Gasteiger partial charge in [-0.05, 0) is 34.1 Å². The molecule has 0 saturated heterocycles. The highest BCUT2D eigenvalue weighted by atomic mass is 79.9. The van der Waals surface area contributed by atoms with Crippen molar-refractivity contribution < 1.29 is 18.3 Å². The molecule has 0 atom stereocenters. The van der Waals surface area contributed by atoms with E-state index in [-0.39, 0.29) is 16.1 Å². The number of hydrogen-bond donors (Lipinski definition) is 2. The van der Waals surface area contributed by atoms with E-state index in [1.165, 1.54) is 35.3 Å². The molecule has 1 aromatic heterocycles. The smallest absolute Gasteiger partial charge is 0.335 e. The van der Waals surface area contributed by atoms with Crippen LogP contribution in [0.25, 0.3) is 0 Å². The van der Waals surface area contributed by atoms with Crippen LogP contribution in [0.3, 0.4) is 0 Å². The molecule has 0 radical (unpaired) electrons. The van der Waals surface area contributed by atoms with Crippen molar-refractivity contribution in [2.45, 2.75) is 4.90 Å². The Hall–Kier alpha value is -1.87. The molecular formula is C11H10BrN3O4S. The van der Waals surface area contributed by atoms with E-state index >= 15 is 0 Å². The fraction of sp³-hybridized carbons (Fsp3) is 0.0909. The molecule has 2 N–H and O–H groups in total. The summed E-state index contributed by atoms with van der Waals surface area (Å²) in [6, 6.07) is 4.01. The second kappa shape index (κ2) is 5.25. The van der Waals surface area contributed by atoms with Gasteiger partial charge >= 0.3 is 5.97 Å². The number of halogens is 1. The molecule has 0 amide bonds. The number of rotatable bonds is 4. The SMILES string of the molecule is Cn1cc(S(=O)(=O)Nc2ccc(C(=O)O)cc2Br)cn1. The maximum atomic E-state index is 12.1. The van der Waals surface area contributed by atoms with Gasteiger partial charge in [0.15, 0.2) is 0 Å². The quantitative estimate of drug-likeness (QED) is 0.864. The lowest BCUT2D eigenvalue weighted by atomic mass is 10.2. The Bertz CT molecular complexity index is 770. The van der Waals surface area contributed by atoms with Crippen LogP contribution in [0, 0.1) is 0 Å². The third-order valence-electron chi connectivity index (χ3n) is 2.45. The molecule has 0 aliphatic carbocycles. The zero-order valence-corrected chi connectivity index (χ0v) is 12.6. The van der Waals surface area contributed by atoms with Crippen LogP contribution in [-0.2, 0) is 17.1 Å². The van der Waals surface area contributed by atoms with Gasteiger partial charge in [-0.25, -0.2) is 13.2 Å². The number of anilines is 1. The Morgan fingerprint density at radius 1 is 1.45 bits per heavy atom. The first-order valence-corrected chi connectivity index (χ1v) is 7.61. The minimum Gasteiger partial charge on any atom is -0.478 e. The van der Waals surface area contributed by atoms with E-state index in [1.54, 1.807) is 7.05 Å². The maximum Gasteiger partial charge on any atom is 0.335 e. The summed E-state index contributed by atoms with van der Waals surface area (Å²) in [6.45, 7) is 0. The monoisotopic (exact) mass is 359 g/mol. The normalized spacial score (nSPS) is 11.3. The first-order chi connectivity index (χ1) is 9.29. The Morgan fingerprint density at radius 3 is 2.65 bits per heavy atom. The van der Waals surface area contributed by atoms with E-state index in [0.29, 0.717) is 4.47 Å². The van der Waals surface area contributed by atoms with Gasteiger partial charge in [0.25, 0.3) is 10.0 Å². The Balaban J connectivity index is 2.32. The van der Waals surface area contributed by atoms with Crippen LogP contribution < -0.4 is 4.72 Å². The standard InChI is InChI=1S/C11H10BrN3O4S/c1-15-6-8(5-13-15)20(18,19)14-10-3-2-7(11(16)17)4-9(10)12/h2-6,14H,1H3,(H,16,17). The molecule has 106 valence electrons. The second-order valence-corrected chi connectivity index (χ2v) is 6.49. The molecule has 0 aliphatic rings. The molecule has 0 aliphatic heterocycles. The van der Waals surface area contributed by atoms with Gasteiger partial charge in [-0.15, -0.1) is 0 Å². The summed E-state index contributed by atoms with van der Waals surface area (Å²) in [6.07, 6.45) is 2.59. The van der Waals surface area contributed by atoms with Crippen molar-refractivity contribution in [2.24, 2.45) is 7.05 Å². The van der Waals surface area contributed by atoms with Crippen LogP contribution in [0.2, 0.25) is 0 Å². The van der Waals surface area contributed by atoms with Crippen LogP contribution in [0.5, 0.6) is 0 Å². The number of nitrogens with zero attached hydrogens (tertiary/aromatic N) is 2. The van der Waals surface area contributed by atoms with Gasteiger partial charge in [-0.1, -0.05) is 0 Å². The number of carboxylic acids is 1. The zero-order chi connectivity index (χ0) is 14.9. The molecule has 0 spiro atoms. The Morgan fingerprint density at radius 2 is 2.15 bits per heavy atom. The lowest BCUT2D eigenvalue weighted by molar-refractivity contribution is 0.0697. The van der Waals surface area contributed by atoms with Crippen LogP contribution in [0.15, 0.2) is 40.0 Å². The van der Waals surface area contributed by atoms with E-state index in [1.807, 2.05) is 0 Å². The molecule has 2 rings (SSSR count). The molecule has 1 aromatic carbocycles. The number of sulfonamides is 1. The minimum atomic E-state index is -3.76. The molecule has 0 saturated carbocycles. The minimum absolute atomic E-state index is 0.0224. The summed E-state index contributed by atoms with van der Waals surface area (Å²) in [4.78, 5) is 10.8. The van der Waals surface area contributed by atoms with Gasteiger partial charge < -0.3 is 5.11 Å². The number of aryl methyl sites for hydroxylation is 1. The molecule has 20 heavy (non-hydrogen) atoms. The van der Waals surface area contributed by atoms with Gasteiger partial charge in [0, 0.05) is 17.7 Å². The van der Waals surface area contributed by atoms with E-state index in [4.69, 9.17) is 5.11 Å². The largest absolute Gasteiger partial charge is 0.478 e. The van der Waals surface area contributed by atoms with Gasteiger partial charge in [0.2, 0.25) is 0 Å². The van der Waals surface area contributed by atoms with Crippen molar-refractivity contribution in [1.82, 2.24) is 9.78 Å². The van der Waals surface area contributed by atoms with E-state index < -0.39 is 16.0 Å². The molecule has 0 bridgehead atoms. The Kier molecular flexibility index (Phi) is 3.82. The van der Waals surface area contributed by atoms with Crippen molar-refractivity contribution in [3.05, 3.63) is 40.6 Å². The highest BCUT2D eigenvalue weighted by Gasteiger charge is 2.18. The van der Waals surface area contributed by atoms with Gasteiger partial charge in [0.05, 0.1) is 17.4 Å². The maximum absolute atomic E-state index is 12.1. The van der Waals surface area contributed by atoms with Crippen molar-refractivity contribution in [2.75, 3.05) is 4.72 Å². The highest BCUT2D eigenvalue weighted by Crippen LogP contribution is 2.26. The first kappa shape index (κ1) is 14.5.